The van der Waals surface area contributed by atoms with Crippen molar-refractivity contribution in [3.8, 4) is 33.8 Å². The van der Waals surface area contributed by atoms with Gasteiger partial charge in [0.1, 0.15) is 11.5 Å². The molecule has 0 saturated carbocycles. The van der Waals surface area contributed by atoms with Gasteiger partial charge in [0.25, 0.3) is 0 Å². The Morgan fingerprint density at radius 1 is 0.429 bits per heavy atom. The molecule has 0 spiro atoms. The lowest BCUT2D eigenvalue weighted by molar-refractivity contribution is 0.475. The Morgan fingerprint density at radius 3 is 1.18 bits per heavy atom. The molecule has 138 valence electrons. The minimum Gasteiger partial charge on any atom is -0.508 e. The lowest BCUT2D eigenvalue weighted by atomic mass is 9.92. The van der Waals surface area contributed by atoms with E-state index in [9.17, 15) is 10.2 Å². The molecular weight excluding hydrogens is 344 g/mol. The average Bonchev–Trinajstić information content (AvgIpc) is 2.74. The normalized spacial score (nSPS) is 10.7. The van der Waals surface area contributed by atoms with Crippen LogP contribution in [0.1, 0.15) is 11.1 Å². The molecule has 0 unspecified atom stereocenters. The van der Waals surface area contributed by atoms with E-state index in [1.807, 2.05) is 24.3 Å². The van der Waals surface area contributed by atoms with Crippen LogP contribution in [-0.2, 0) is 12.8 Å². The summed E-state index contributed by atoms with van der Waals surface area (Å²) in [6.07, 6.45) is 1.85. The van der Waals surface area contributed by atoms with Gasteiger partial charge in [-0.05, 0) is 70.5 Å². The van der Waals surface area contributed by atoms with E-state index in [4.69, 9.17) is 0 Å². The Morgan fingerprint density at radius 2 is 0.786 bits per heavy atom. The van der Waals surface area contributed by atoms with Gasteiger partial charge in [-0.3, -0.25) is 0 Å². The number of phenolic OH excluding ortho intramolecular Hbond substituents is 2. The molecule has 0 bridgehead atoms. The quantitative estimate of drug-likeness (QED) is 0.440. The summed E-state index contributed by atoms with van der Waals surface area (Å²) in [5.74, 6) is 0.563. The van der Waals surface area contributed by atoms with Gasteiger partial charge < -0.3 is 10.2 Å². The van der Waals surface area contributed by atoms with Gasteiger partial charge in [0.05, 0.1) is 0 Å². The second-order valence-corrected chi connectivity index (χ2v) is 6.91. The summed E-state index contributed by atoms with van der Waals surface area (Å²) in [5.41, 5.74) is 7.19. The van der Waals surface area contributed by atoms with E-state index in [-0.39, 0.29) is 11.5 Å². The fourth-order valence-corrected chi connectivity index (χ4v) is 3.59. The summed E-state index contributed by atoms with van der Waals surface area (Å²) in [4.78, 5) is 0. The summed E-state index contributed by atoms with van der Waals surface area (Å²) < 4.78 is 0. The van der Waals surface area contributed by atoms with Crippen molar-refractivity contribution in [3.63, 3.8) is 0 Å². The monoisotopic (exact) mass is 366 g/mol. The number of benzene rings is 4. The van der Waals surface area contributed by atoms with Crippen molar-refractivity contribution >= 4 is 0 Å². The van der Waals surface area contributed by atoms with E-state index in [0.717, 1.165) is 24.0 Å². The Hall–Kier alpha value is -3.52. The summed E-state index contributed by atoms with van der Waals surface area (Å²) >= 11 is 0. The first-order valence-corrected chi connectivity index (χ1v) is 9.45. The van der Waals surface area contributed by atoms with Gasteiger partial charge in [0, 0.05) is 0 Å². The molecule has 0 aliphatic carbocycles. The van der Waals surface area contributed by atoms with Gasteiger partial charge in [-0.2, -0.15) is 0 Å². The number of aryl methyl sites for hydroxylation is 2. The molecule has 0 saturated heterocycles. The van der Waals surface area contributed by atoms with E-state index in [2.05, 4.69) is 48.5 Å². The average molecular weight is 366 g/mol. The van der Waals surface area contributed by atoms with Gasteiger partial charge in [-0.1, -0.05) is 72.8 Å². The number of hydrogen-bond acceptors (Lipinski definition) is 2. The Balaban J connectivity index is 1.61. The van der Waals surface area contributed by atoms with E-state index < -0.39 is 0 Å². The van der Waals surface area contributed by atoms with Crippen LogP contribution in [0.2, 0.25) is 0 Å². The van der Waals surface area contributed by atoms with Crippen LogP contribution in [0.4, 0.5) is 0 Å². The molecule has 2 heteroatoms. The molecular formula is C26H22O2. The molecule has 0 fully saturated rings. The number of aromatic hydroxyl groups is 2. The zero-order valence-electron chi connectivity index (χ0n) is 15.5. The molecule has 0 heterocycles. The second kappa shape index (κ2) is 8.01. The SMILES string of the molecule is Oc1ccc(-c2ccccc2CCc2ccccc2-c2ccc(O)cc2)cc1. The standard InChI is InChI=1S/C26H22O2/c27-23-15-11-21(12-16-23)25-7-3-1-5-19(25)9-10-20-6-2-4-8-26(20)22-13-17-24(28)18-14-22/h1-8,11-18,27-28H,9-10H2. The highest BCUT2D eigenvalue weighted by Gasteiger charge is 2.08. The van der Waals surface area contributed by atoms with E-state index in [1.54, 1.807) is 24.3 Å². The predicted octanol–water partition coefficient (Wildman–Crippen LogP) is 6.22. The van der Waals surface area contributed by atoms with Gasteiger partial charge in [0.2, 0.25) is 0 Å². The van der Waals surface area contributed by atoms with Crippen molar-refractivity contribution in [1.29, 1.82) is 0 Å². The molecule has 0 atom stereocenters. The van der Waals surface area contributed by atoms with Crippen molar-refractivity contribution in [2.45, 2.75) is 12.8 Å². The lowest BCUT2D eigenvalue weighted by Gasteiger charge is -2.13. The first kappa shape index (κ1) is 17.9. The largest absolute Gasteiger partial charge is 0.508 e. The fraction of sp³-hybridized carbons (Fsp3) is 0.0769. The van der Waals surface area contributed by atoms with Gasteiger partial charge >= 0.3 is 0 Å². The molecule has 0 amide bonds. The molecule has 0 aliphatic heterocycles. The van der Waals surface area contributed by atoms with Crippen LogP contribution in [0.25, 0.3) is 22.3 Å². The van der Waals surface area contributed by atoms with Crippen molar-refractivity contribution in [2.24, 2.45) is 0 Å². The molecule has 4 aromatic carbocycles. The van der Waals surface area contributed by atoms with Crippen LogP contribution < -0.4 is 0 Å². The van der Waals surface area contributed by atoms with Crippen LogP contribution in [0.15, 0.2) is 97.1 Å². The van der Waals surface area contributed by atoms with Crippen molar-refractivity contribution in [1.82, 2.24) is 0 Å². The smallest absolute Gasteiger partial charge is 0.115 e. The fourth-order valence-electron chi connectivity index (χ4n) is 3.59. The van der Waals surface area contributed by atoms with Gasteiger partial charge in [-0.15, -0.1) is 0 Å². The minimum absolute atomic E-state index is 0.282. The highest BCUT2D eigenvalue weighted by Crippen LogP contribution is 2.29. The maximum Gasteiger partial charge on any atom is 0.115 e. The summed E-state index contributed by atoms with van der Waals surface area (Å²) in [7, 11) is 0. The minimum atomic E-state index is 0.282. The van der Waals surface area contributed by atoms with Crippen molar-refractivity contribution < 1.29 is 10.2 Å². The molecule has 2 N–H and O–H groups in total. The third-order valence-electron chi connectivity index (χ3n) is 5.06. The molecule has 4 rings (SSSR count). The molecule has 0 radical (unpaired) electrons. The Bertz CT molecular complexity index is 975. The zero-order chi connectivity index (χ0) is 19.3. The van der Waals surface area contributed by atoms with Gasteiger partial charge in [0.15, 0.2) is 0 Å². The number of rotatable bonds is 5. The summed E-state index contributed by atoms with van der Waals surface area (Å²) in [6.45, 7) is 0. The highest BCUT2D eigenvalue weighted by molar-refractivity contribution is 5.70. The molecule has 0 aliphatic rings. The van der Waals surface area contributed by atoms with E-state index >= 15 is 0 Å². The second-order valence-electron chi connectivity index (χ2n) is 6.91. The van der Waals surface area contributed by atoms with Crippen LogP contribution in [0.5, 0.6) is 11.5 Å². The maximum absolute atomic E-state index is 9.57. The zero-order valence-corrected chi connectivity index (χ0v) is 15.5. The third kappa shape index (κ3) is 3.91. The molecule has 4 aromatic rings. The Labute approximate surface area is 165 Å². The van der Waals surface area contributed by atoms with Crippen LogP contribution in [-0.4, -0.2) is 10.2 Å². The van der Waals surface area contributed by atoms with Crippen LogP contribution >= 0.6 is 0 Å². The Kier molecular flexibility index (Phi) is 5.11. The summed E-state index contributed by atoms with van der Waals surface area (Å²) in [5, 5.41) is 19.1. The maximum atomic E-state index is 9.57. The highest BCUT2D eigenvalue weighted by atomic mass is 16.3. The number of hydrogen-bond donors (Lipinski definition) is 2. The topological polar surface area (TPSA) is 40.5 Å². The lowest BCUT2D eigenvalue weighted by Crippen LogP contribution is -1.96. The van der Waals surface area contributed by atoms with Crippen molar-refractivity contribution in [3.05, 3.63) is 108 Å². The van der Waals surface area contributed by atoms with Crippen LogP contribution in [0.3, 0.4) is 0 Å². The van der Waals surface area contributed by atoms with E-state index in [0.29, 0.717) is 0 Å². The predicted molar refractivity (Wildman–Crippen MR) is 114 cm³/mol. The van der Waals surface area contributed by atoms with E-state index in [1.165, 1.54) is 22.3 Å². The molecule has 28 heavy (non-hydrogen) atoms. The first-order valence-electron chi connectivity index (χ1n) is 9.45. The van der Waals surface area contributed by atoms with Crippen molar-refractivity contribution in [2.75, 3.05) is 0 Å². The first-order chi connectivity index (χ1) is 13.7. The van der Waals surface area contributed by atoms with Gasteiger partial charge in [-0.25, -0.2) is 0 Å². The molecule has 0 aromatic heterocycles. The third-order valence-corrected chi connectivity index (χ3v) is 5.06. The molecule has 2 nitrogen and oxygen atoms in total. The summed E-state index contributed by atoms with van der Waals surface area (Å²) in [6, 6.07) is 31.6. The number of phenols is 2. The van der Waals surface area contributed by atoms with Crippen LogP contribution in [0, 0.1) is 0 Å².